The summed E-state index contributed by atoms with van der Waals surface area (Å²) < 4.78 is 5.16. The number of nitrogens with zero attached hydrogens (tertiary/aromatic N) is 1. The van der Waals surface area contributed by atoms with E-state index in [2.05, 4.69) is 46.7 Å². The second-order valence-electron chi connectivity index (χ2n) is 5.68. The van der Waals surface area contributed by atoms with Gasteiger partial charge in [-0.2, -0.15) is 0 Å². The third kappa shape index (κ3) is 3.42. The Balaban J connectivity index is 1.77. The summed E-state index contributed by atoms with van der Waals surface area (Å²) in [6.07, 6.45) is 4.27. The molecule has 0 aliphatic carbocycles. The van der Waals surface area contributed by atoms with Crippen molar-refractivity contribution in [1.29, 1.82) is 0 Å². The number of piperidine rings is 1. The fraction of sp³-hybridized carbons (Fsp3) is 0.389. The predicted octanol–water partition coefficient (Wildman–Crippen LogP) is 3.03. The van der Waals surface area contributed by atoms with Gasteiger partial charge in [-0.1, -0.05) is 36.4 Å². The van der Waals surface area contributed by atoms with Gasteiger partial charge in [-0.15, -0.1) is 0 Å². The first-order chi connectivity index (χ1) is 10.4. The van der Waals surface area contributed by atoms with Crippen LogP contribution in [0.4, 0.5) is 0 Å². The molecule has 110 valence electrons. The van der Waals surface area contributed by atoms with E-state index >= 15 is 0 Å². The van der Waals surface area contributed by atoms with E-state index in [-0.39, 0.29) is 0 Å². The molecule has 3 rings (SSSR count). The molecule has 2 unspecified atom stereocenters. The first-order valence-electron chi connectivity index (χ1n) is 7.61. The summed E-state index contributed by atoms with van der Waals surface area (Å²) in [5, 5.41) is 3.53. The zero-order chi connectivity index (χ0) is 14.5. The van der Waals surface area contributed by atoms with Crippen LogP contribution in [0.3, 0.4) is 0 Å². The summed E-state index contributed by atoms with van der Waals surface area (Å²) in [6.45, 7) is 2.16. The van der Waals surface area contributed by atoms with Crippen molar-refractivity contribution in [1.82, 2.24) is 10.3 Å². The molecule has 2 aromatic rings. The summed E-state index contributed by atoms with van der Waals surface area (Å²) in [5.74, 6) is 1.88. The van der Waals surface area contributed by atoms with Crippen molar-refractivity contribution in [3.05, 3.63) is 59.8 Å². The third-order valence-electron chi connectivity index (χ3n) is 4.34. The zero-order valence-electron chi connectivity index (χ0n) is 12.5. The van der Waals surface area contributed by atoms with Gasteiger partial charge >= 0.3 is 0 Å². The Morgan fingerprint density at radius 2 is 2.05 bits per heavy atom. The molecule has 0 bridgehead atoms. The predicted molar refractivity (Wildman–Crippen MR) is 84.7 cm³/mol. The van der Waals surface area contributed by atoms with Crippen LogP contribution >= 0.6 is 0 Å². The van der Waals surface area contributed by atoms with Gasteiger partial charge in [0.05, 0.1) is 7.11 Å². The minimum Gasteiger partial charge on any atom is -0.481 e. The lowest BCUT2D eigenvalue weighted by molar-refractivity contribution is 0.323. The average Bonchev–Trinajstić information content (AvgIpc) is 2.56. The summed E-state index contributed by atoms with van der Waals surface area (Å²) in [5.41, 5.74) is 2.75. The summed E-state index contributed by atoms with van der Waals surface area (Å²) in [4.78, 5) is 4.37. The number of nitrogens with one attached hydrogen (secondary N) is 1. The van der Waals surface area contributed by atoms with Crippen LogP contribution < -0.4 is 10.1 Å². The lowest BCUT2D eigenvalue weighted by Crippen LogP contribution is -2.36. The molecule has 0 radical (unpaired) electrons. The molecule has 1 aliphatic rings. The van der Waals surface area contributed by atoms with Crippen LogP contribution in [0.25, 0.3) is 0 Å². The minimum absolute atomic E-state index is 0.574. The first kappa shape index (κ1) is 14.1. The SMILES string of the molecule is COc1ccc(C2CCNCC2Cc2ccccc2)cn1. The van der Waals surface area contributed by atoms with E-state index in [1.807, 2.05) is 12.3 Å². The van der Waals surface area contributed by atoms with E-state index < -0.39 is 0 Å². The highest BCUT2D eigenvalue weighted by molar-refractivity contribution is 5.24. The van der Waals surface area contributed by atoms with Crippen LogP contribution in [0.5, 0.6) is 5.88 Å². The maximum atomic E-state index is 5.16. The summed E-state index contributed by atoms with van der Waals surface area (Å²) in [7, 11) is 1.66. The maximum absolute atomic E-state index is 5.16. The zero-order valence-corrected chi connectivity index (χ0v) is 12.5. The fourth-order valence-corrected chi connectivity index (χ4v) is 3.22. The quantitative estimate of drug-likeness (QED) is 0.936. The smallest absolute Gasteiger partial charge is 0.212 e. The van der Waals surface area contributed by atoms with Gasteiger partial charge in [0.1, 0.15) is 0 Å². The largest absolute Gasteiger partial charge is 0.481 e. The Kier molecular flexibility index (Phi) is 4.51. The third-order valence-corrected chi connectivity index (χ3v) is 4.34. The van der Waals surface area contributed by atoms with E-state index in [0.717, 1.165) is 19.5 Å². The van der Waals surface area contributed by atoms with Crippen molar-refractivity contribution in [3.8, 4) is 5.88 Å². The number of hydrogen-bond donors (Lipinski definition) is 1. The summed E-state index contributed by atoms with van der Waals surface area (Å²) in [6, 6.07) is 14.9. The van der Waals surface area contributed by atoms with Gasteiger partial charge in [0, 0.05) is 12.3 Å². The Hall–Kier alpha value is -1.87. The number of rotatable bonds is 4. The van der Waals surface area contributed by atoms with Gasteiger partial charge in [0.25, 0.3) is 0 Å². The van der Waals surface area contributed by atoms with Gasteiger partial charge in [-0.05, 0) is 48.9 Å². The average molecular weight is 282 g/mol. The highest BCUT2D eigenvalue weighted by Gasteiger charge is 2.26. The Bertz CT molecular complexity index is 553. The van der Waals surface area contributed by atoms with E-state index in [9.17, 15) is 0 Å². The van der Waals surface area contributed by atoms with Crippen molar-refractivity contribution < 1.29 is 4.74 Å². The number of ether oxygens (including phenoxy) is 1. The van der Waals surface area contributed by atoms with Crippen LogP contribution in [0.2, 0.25) is 0 Å². The van der Waals surface area contributed by atoms with E-state index in [4.69, 9.17) is 4.74 Å². The highest BCUT2D eigenvalue weighted by atomic mass is 16.5. The Labute approximate surface area is 126 Å². The normalized spacial score (nSPS) is 22.0. The molecule has 3 heteroatoms. The summed E-state index contributed by atoms with van der Waals surface area (Å²) >= 11 is 0. The molecule has 1 aromatic carbocycles. The molecule has 0 saturated carbocycles. The van der Waals surface area contributed by atoms with Gasteiger partial charge in [0.2, 0.25) is 5.88 Å². The van der Waals surface area contributed by atoms with Crippen LogP contribution in [0.15, 0.2) is 48.7 Å². The molecule has 1 fully saturated rings. The number of aromatic nitrogens is 1. The fourth-order valence-electron chi connectivity index (χ4n) is 3.22. The highest BCUT2D eigenvalue weighted by Crippen LogP contribution is 2.32. The molecule has 1 aromatic heterocycles. The standard InChI is InChI=1S/C18H22N2O/c1-21-18-8-7-15(13-20-18)17-9-10-19-12-16(17)11-14-5-3-2-4-6-14/h2-8,13,16-17,19H,9-12H2,1H3. The minimum atomic E-state index is 0.574. The lowest BCUT2D eigenvalue weighted by atomic mass is 9.78. The second kappa shape index (κ2) is 6.72. The molecule has 21 heavy (non-hydrogen) atoms. The topological polar surface area (TPSA) is 34.1 Å². The van der Waals surface area contributed by atoms with Gasteiger partial charge in [-0.25, -0.2) is 4.98 Å². The molecule has 0 amide bonds. The van der Waals surface area contributed by atoms with Crippen LogP contribution in [0, 0.1) is 5.92 Å². The van der Waals surface area contributed by atoms with Crippen molar-refractivity contribution >= 4 is 0 Å². The number of benzene rings is 1. The molecule has 3 nitrogen and oxygen atoms in total. The Morgan fingerprint density at radius 3 is 2.76 bits per heavy atom. The van der Waals surface area contributed by atoms with Gasteiger partial charge < -0.3 is 10.1 Å². The molecule has 1 N–H and O–H groups in total. The molecule has 2 atom stereocenters. The van der Waals surface area contributed by atoms with Gasteiger partial charge in [0.15, 0.2) is 0 Å². The second-order valence-corrected chi connectivity index (χ2v) is 5.68. The number of hydrogen-bond acceptors (Lipinski definition) is 3. The molecular formula is C18H22N2O. The molecule has 1 saturated heterocycles. The maximum Gasteiger partial charge on any atom is 0.212 e. The number of pyridine rings is 1. The molecule has 2 heterocycles. The van der Waals surface area contributed by atoms with Crippen LogP contribution in [-0.2, 0) is 6.42 Å². The monoisotopic (exact) mass is 282 g/mol. The number of methoxy groups -OCH3 is 1. The Morgan fingerprint density at radius 1 is 1.19 bits per heavy atom. The van der Waals surface area contributed by atoms with E-state index in [1.165, 1.54) is 17.5 Å². The molecular weight excluding hydrogens is 260 g/mol. The van der Waals surface area contributed by atoms with Gasteiger partial charge in [-0.3, -0.25) is 0 Å². The van der Waals surface area contributed by atoms with Crippen molar-refractivity contribution in [2.45, 2.75) is 18.8 Å². The van der Waals surface area contributed by atoms with E-state index in [0.29, 0.717) is 17.7 Å². The van der Waals surface area contributed by atoms with Crippen molar-refractivity contribution in [3.63, 3.8) is 0 Å². The van der Waals surface area contributed by atoms with Crippen molar-refractivity contribution in [2.24, 2.45) is 5.92 Å². The first-order valence-corrected chi connectivity index (χ1v) is 7.61. The van der Waals surface area contributed by atoms with Crippen LogP contribution in [-0.4, -0.2) is 25.2 Å². The van der Waals surface area contributed by atoms with Crippen LogP contribution in [0.1, 0.15) is 23.5 Å². The van der Waals surface area contributed by atoms with Crippen molar-refractivity contribution in [2.75, 3.05) is 20.2 Å². The lowest BCUT2D eigenvalue weighted by Gasteiger charge is -2.32. The molecule has 1 aliphatic heterocycles. The molecule has 0 spiro atoms. The van der Waals surface area contributed by atoms with E-state index in [1.54, 1.807) is 7.11 Å².